The largest absolute Gasteiger partial charge is 0.466 e. The average Bonchev–Trinajstić information content (AvgIpc) is 2.49. The van der Waals surface area contributed by atoms with Crippen LogP contribution in [0.2, 0.25) is 0 Å². The van der Waals surface area contributed by atoms with E-state index in [2.05, 4.69) is 4.90 Å². The maximum absolute atomic E-state index is 11.5. The van der Waals surface area contributed by atoms with Crippen LogP contribution in [-0.2, 0) is 9.53 Å². The molecule has 0 aromatic rings. The fourth-order valence-electron chi connectivity index (χ4n) is 2.12. The molecule has 0 bridgehead atoms. The standard InChI is InChI=1S/C11H15NO2S2/c1-14-10(13)8-6-9-4-2-3-5-12(9)11(15)16-7-8/h6,9H,2-5,7H2,1H3. The number of methoxy groups -OCH3 is 1. The lowest BCUT2D eigenvalue weighted by Gasteiger charge is -2.34. The Bertz CT molecular complexity index is 341. The highest BCUT2D eigenvalue weighted by Crippen LogP contribution is 2.28. The molecule has 0 aliphatic carbocycles. The smallest absolute Gasteiger partial charge is 0.334 e. The van der Waals surface area contributed by atoms with Crippen LogP contribution in [0.5, 0.6) is 0 Å². The van der Waals surface area contributed by atoms with E-state index in [1.807, 2.05) is 6.08 Å². The van der Waals surface area contributed by atoms with Crippen molar-refractivity contribution in [1.29, 1.82) is 0 Å². The number of hydrogen-bond acceptors (Lipinski definition) is 4. The lowest BCUT2D eigenvalue weighted by molar-refractivity contribution is -0.136. The van der Waals surface area contributed by atoms with E-state index in [9.17, 15) is 4.79 Å². The van der Waals surface area contributed by atoms with E-state index in [1.165, 1.54) is 20.0 Å². The molecule has 88 valence electrons. The molecule has 2 heterocycles. The number of carbonyl (C=O) groups excluding carboxylic acids is 1. The highest BCUT2D eigenvalue weighted by Gasteiger charge is 2.28. The van der Waals surface area contributed by atoms with Crippen molar-refractivity contribution in [2.45, 2.75) is 25.3 Å². The minimum atomic E-state index is -0.220. The third-order valence-corrected chi connectivity index (χ3v) is 4.50. The van der Waals surface area contributed by atoms with Crippen LogP contribution in [0, 0.1) is 0 Å². The summed E-state index contributed by atoms with van der Waals surface area (Å²) in [6.45, 7) is 1.02. The molecule has 2 aliphatic heterocycles. The fraction of sp³-hybridized carbons (Fsp3) is 0.636. The Morgan fingerprint density at radius 3 is 3.19 bits per heavy atom. The number of thioether (sulfide) groups is 1. The van der Waals surface area contributed by atoms with Crippen molar-refractivity contribution in [3.8, 4) is 0 Å². The van der Waals surface area contributed by atoms with Gasteiger partial charge in [-0.15, -0.1) is 0 Å². The molecule has 0 amide bonds. The predicted octanol–water partition coefficient (Wildman–Crippen LogP) is 1.97. The highest BCUT2D eigenvalue weighted by atomic mass is 32.2. The van der Waals surface area contributed by atoms with Crippen molar-refractivity contribution in [3.05, 3.63) is 11.6 Å². The molecular formula is C11H15NO2S2. The van der Waals surface area contributed by atoms with Gasteiger partial charge in [0.05, 0.1) is 7.11 Å². The minimum Gasteiger partial charge on any atom is -0.466 e. The van der Waals surface area contributed by atoms with E-state index in [0.717, 1.165) is 22.9 Å². The van der Waals surface area contributed by atoms with E-state index in [4.69, 9.17) is 17.0 Å². The second-order valence-electron chi connectivity index (χ2n) is 3.99. The second kappa shape index (κ2) is 5.19. The number of piperidine rings is 1. The molecule has 16 heavy (non-hydrogen) atoms. The van der Waals surface area contributed by atoms with Crippen LogP contribution in [-0.4, -0.2) is 40.6 Å². The van der Waals surface area contributed by atoms with Gasteiger partial charge in [-0.3, -0.25) is 0 Å². The lowest BCUT2D eigenvalue weighted by atomic mass is 10.0. The van der Waals surface area contributed by atoms with Crippen molar-refractivity contribution in [2.24, 2.45) is 0 Å². The topological polar surface area (TPSA) is 29.5 Å². The zero-order chi connectivity index (χ0) is 11.5. The van der Waals surface area contributed by atoms with E-state index >= 15 is 0 Å². The molecule has 0 radical (unpaired) electrons. The third-order valence-electron chi connectivity index (χ3n) is 2.98. The lowest BCUT2D eigenvalue weighted by Crippen LogP contribution is -2.39. The summed E-state index contributed by atoms with van der Waals surface area (Å²) in [6.07, 6.45) is 5.52. The number of esters is 1. The molecule has 0 spiro atoms. The first-order valence-electron chi connectivity index (χ1n) is 5.45. The molecule has 0 N–H and O–H groups in total. The summed E-state index contributed by atoms with van der Waals surface area (Å²) in [5, 5.41) is 0. The Balaban J connectivity index is 2.20. The Labute approximate surface area is 105 Å². The molecule has 0 saturated carbocycles. The first-order valence-corrected chi connectivity index (χ1v) is 6.84. The van der Waals surface area contributed by atoms with Crippen LogP contribution in [0.3, 0.4) is 0 Å². The van der Waals surface area contributed by atoms with Crippen LogP contribution >= 0.6 is 24.0 Å². The van der Waals surface area contributed by atoms with Gasteiger partial charge in [-0.05, 0) is 19.3 Å². The molecule has 1 atom stereocenters. The average molecular weight is 257 g/mol. The van der Waals surface area contributed by atoms with Crippen LogP contribution < -0.4 is 0 Å². The summed E-state index contributed by atoms with van der Waals surface area (Å²) in [6, 6.07) is 0.297. The minimum absolute atomic E-state index is 0.220. The molecule has 5 heteroatoms. The highest BCUT2D eigenvalue weighted by molar-refractivity contribution is 8.23. The number of ether oxygens (including phenoxy) is 1. The molecule has 0 aromatic heterocycles. The van der Waals surface area contributed by atoms with Gasteiger partial charge in [0.2, 0.25) is 0 Å². The number of fused-ring (bicyclic) bond motifs is 1. The Morgan fingerprint density at radius 2 is 2.44 bits per heavy atom. The van der Waals surface area contributed by atoms with E-state index in [1.54, 1.807) is 11.8 Å². The normalized spacial score (nSPS) is 25.6. The maximum atomic E-state index is 11.5. The summed E-state index contributed by atoms with van der Waals surface area (Å²) >= 11 is 6.93. The SMILES string of the molecule is COC(=O)C1=CC2CCCCN2C(=S)SC1. The van der Waals surface area contributed by atoms with Crippen molar-refractivity contribution in [2.75, 3.05) is 19.4 Å². The molecule has 2 rings (SSSR count). The Hall–Kier alpha value is -0.550. The van der Waals surface area contributed by atoms with E-state index in [-0.39, 0.29) is 5.97 Å². The summed E-state index contributed by atoms with van der Waals surface area (Å²) in [5.41, 5.74) is 0.754. The Kier molecular flexibility index (Phi) is 3.86. The van der Waals surface area contributed by atoms with Crippen LogP contribution in [0.4, 0.5) is 0 Å². The molecule has 1 saturated heterocycles. The molecule has 2 aliphatic rings. The van der Waals surface area contributed by atoms with Gasteiger partial charge in [-0.1, -0.05) is 30.1 Å². The van der Waals surface area contributed by atoms with Gasteiger partial charge in [0.15, 0.2) is 0 Å². The maximum Gasteiger partial charge on any atom is 0.334 e. The molecule has 1 fully saturated rings. The van der Waals surface area contributed by atoms with E-state index in [0.29, 0.717) is 11.8 Å². The number of thiocarbonyl (C=S) groups is 1. The van der Waals surface area contributed by atoms with Crippen molar-refractivity contribution in [1.82, 2.24) is 4.90 Å². The van der Waals surface area contributed by atoms with Crippen molar-refractivity contribution >= 4 is 34.3 Å². The number of carbonyl (C=O) groups is 1. The number of hydrogen-bond donors (Lipinski definition) is 0. The Morgan fingerprint density at radius 1 is 1.62 bits per heavy atom. The summed E-state index contributed by atoms with van der Waals surface area (Å²) in [7, 11) is 1.43. The van der Waals surface area contributed by atoms with Gasteiger partial charge in [0.1, 0.15) is 4.32 Å². The van der Waals surface area contributed by atoms with Crippen LogP contribution in [0.1, 0.15) is 19.3 Å². The quantitative estimate of drug-likeness (QED) is 0.529. The van der Waals surface area contributed by atoms with Gasteiger partial charge in [0.25, 0.3) is 0 Å². The predicted molar refractivity (Wildman–Crippen MR) is 69.5 cm³/mol. The van der Waals surface area contributed by atoms with E-state index < -0.39 is 0 Å². The monoisotopic (exact) mass is 257 g/mol. The zero-order valence-electron chi connectivity index (χ0n) is 9.27. The molecule has 3 nitrogen and oxygen atoms in total. The van der Waals surface area contributed by atoms with Crippen molar-refractivity contribution in [3.63, 3.8) is 0 Å². The fourth-order valence-corrected chi connectivity index (χ4v) is 3.41. The molecular weight excluding hydrogens is 242 g/mol. The number of rotatable bonds is 1. The zero-order valence-corrected chi connectivity index (χ0v) is 10.9. The van der Waals surface area contributed by atoms with Crippen molar-refractivity contribution < 1.29 is 9.53 Å². The van der Waals surface area contributed by atoms with Gasteiger partial charge in [-0.25, -0.2) is 4.79 Å². The summed E-state index contributed by atoms with van der Waals surface area (Å²) < 4.78 is 5.69. The number of nitrogens with zero attached hydrogens (tertiary/aromatic N) is 1. The first kappa shape index (κ1) is 11.9. The molecule has 0 aromatic carbocycles. The summed E-state index contributed by atoms with van der Waals surface area (Å²) in [4.78, 5) is 13.8. The second-order valence-corrected chi connectivity index (χ2v) is 5.60. The van der Waals surface area contributed by atoms with Gasteiger partial charge in [-0.2, -0.15) is 0 Å². The third kappa shape index (κ3) is 2.40. The summed E-state index contributed by atoms with van der Waals surface area (Å²) in [5.74, 6) is 0.418. The first-order chi connectivity index (χ1) is 7.72. The van der Waals surface area contributed by atoms with Gasteiger partial charge in [0, 0.05) is 23.9 Å². The van der Waals surface area contributed by atoms with Gasteiger partial charge < -0.3 is 9.64 Å². The van der Waals surface area contributed by atoms with Crippen LogP contribution in [0.25, 0.3) is 0 Å². The van der Waals surface area contributed by atoms with Gasteiger partial charge >= 0.3 is 5.97 Å². The van der Waals surface area contributed by atoms with Crippen LogP contribution in [0.15, 0.2) is 11.6 Å². The molecule has 1 unspecified atom stereocenters.